The molecule has 0 bridgehead atoms. The highest BCUT2D eigenvalue weighted by atomic mass is 16.1. The van der Waals surface area contributed by atoms with Gasteiger partial charge in [0.05, 0.1) is 0 Å². The summed E-state index contributed by atoms with van der Waals surface area (Å²) in [5.41, 5.74) is 4.31. The molecule has 0 aromatic heterocycles. The molecular weight excluding hydrogens is 198 g/mol. The van der Waals surface area contributed by atoms with Crippen molar-refractivity contribution in [2.24, 2.45) is 0 Å². The predicted molar refractivity (Wildman–Crippen MR) is 64.9 cm³/mol. The summed E-state index contributed by atoms with van der Waals surface area (Å²) in [7, 11) is 0. The number of carbonyl (C=O) groups excluding carboxylic acids is 1. The van der Waals surface area contributed by atoms with Crippen molar-refractivity contribution in [3.8, 4) is 0 Å². The first kappa shape index (κ1) is 9.88. The number of ketones is 1. The zero-order chi connectivity index (χ0) is 11.0. The van der Waals surface area contributed by atoms with Gasteiger partial charge in [-0.05, 0) is 42.4 Å². The zero-order valence-corrected chi connectivity index (χ0v) is 9.46. The Morgan fingerprint density at radius 3 is 2.75 bits per heavy atom. The van der Waals surface area contributed by atoms with Gasteiger partial charge < -0.3 is 5.32 Å². The van der Waals surface area contributed by atoms with Crippen molar-refractivity contribution in [1.29, 1.82) is 0 Å². The molecule has 1 N–H and O–H groups in total. The molecule has 2 nitrogen and oxygen atoms in total. The van der Waals surface area contributed by atoms with Crippen LogP contribution in [0.25, 0.3) is 0 Å². The van der Waals surface area contributed by atoms with E-state index in [9.17, 15) is 4.79 Å². The second-order valence-electron chi connectivity index (χ2n) is 4.86. The van der Waals surface area contributed by atoms with E-state index >= 15 is 0 Å². The van der Waals surface area contributed by atoms with Crippen LogP contribution in [0.1, 0.15) is 42.7 Å². The summed E-state index contributed by atoms with van der Waals surface area (Å²) >= 11 is 0. The highest BCUT2D eigenvalue weighted by molar-refractivity contribution is 5.79. The molecule has 0 unspecified atom stereocenters. The van der Waals surface area contributed by atoms with Gasteiger partial charge in [-0.15, -0.1) is 0 Å². The highest BCUT2D eigenvalue weighted by Gasteiger charge is 2.24. The molecule has 1 fully saturated rings. The molecule has 2 heteroatoms. The Labute approximate surface area is 96.1 Å². The van der Waals surface area contributed by atoms with Crippen molar-refractivity contribution in [3.63, 3.8) is 0 Å². The number of rotatable bonds is 1. The van der Waals surface area contributed by atoms with E-state index in [1.807, 2.05) is 0 Å². The summed E-state index contributed by atoms with van der Waals surface area (Å²) in [6.45, 7) is 1.07. The number of hydrogen-bond acceptors (Lipinski definition) is 2. The summed E-state index contributed by atoms with van der Waals surface area (Å²) in [5, 5.41) is 3.42. The number of carbonyl (C=O) groups is 1. The largest absolute Gasteiger partial charge is 0.384 e. The van der Waals surface area contributed by atoms with Gasteiger partial charge in [0, 0.05) is 25.1 Å². The van der Waals surface area contributed by atoms with Crippen molar-refractivity contribution < 1.29 is 4.79 Å². The molecule has 0 amide bonds. The number of Topliss-reactive ketones (excluding diaryl/α,β-unsaturated/α-hetero) is 1. The fourth-order valence-electron chi connectivity index (χ4n) is 3.00. The molecule has 1 heterocycles. The van der Waals surface area contributed by atoms with E-state index in [-0.39, 0.29) is 0 Å². The monoisotopic (exact) mass is 215 g/mol. The standard InChI is InChI=1S/C14H17NO/c16-11-6-4-10(5-7-11)12-2-1-3-14-13(12)8-9-15-14/h1-3,10,15H,4-9H2. The lowest BCUT2D eigenvalue weighted by atomic mass is 9.81. The Hall–Kier alpha value is -1.31. The summed E-state index contributed by atoms with van der Waals surface area (Å²) in [4.78, 5) is 11.3. The average molecular weight is 215 g/mol. The van der Waals surface area contributed by atoms with E-state index in [1.54, 1.807) is 0 Å². The minimum absolute atomic E-state index is 0.446. The molecule has 1 aromatic rings. The average Bonchev–Trinajstić information content (AvgIpc) is 2.78. The number of fused-ring (bicyclic) bond motifs is 1. The second-order valence-corrected chi connectivity index (χ2v) is 4.86. The summed E-state index contributed by atoms with van der Waals surface area (Å²) in [6, 6.07) is 6.56. The van der Waals surface area contributed by atoms with Crippen LogP contribution in [0, 0.1) is 0 Å². The van der Waals surface area contributed by atoms with Crippen molar-refractivity contribution in [3.05, 3.63) is 29.3 Å². The van der Waals surface area contributed by atoms with Gasteiger partial charge in [-0.2, -0.15) is 0 Å². The van der Waals surface area contributed by atoms with Crippen LogP contribution in [0.5, 0.6) is 0 Å². The van der Waals surface area contributed by atoms with Gasteiger partial charge in [0.25, 0.3) is 0 Å². The van der Waals surface area contributed by atoms with Gasteiger partial charge in [-0.3, -0.25) is 4.79 Å². The lowest BCUT2D eigenvalue weighted by molar-refractivity contribution is -0.120. The molecule has 3 rings (SSSR count). The van der Waals surface area contributed by atoms with Gasteiger partial charge >= 0.3 is 0 Å². The molecule has 1 saturated carbocycles. The molecule has 1 aliphatic carbocycles. The Kier molecular flexibility index (Phi) is 2.43. The molecule has 84 valence electrons. The van der Waals surface area contributed by atoms with E-state index in [0.29, 0.717) is 11.7 Å². The summed E-state index contributed by atoms with van der Waals surface area (Å²) in [5.74, 6) is 1.06. The zero-order valence-electron chi connectivity index (χ0n) is 9.46. The quantitative estimate of drug-likeness (QED) is 0.780. The third kappa shape index (κ3) is 1.62. The molecule has 0 spiro atoms. The van der Waals surface area contributed by atoms with Gasteiger partial charge in [0.1, 0.15) is 5.78 Å². The van der Waals surface area contributed by atoms with Crippen molar-refractivity contribution in [1.82, 2.24) is 0 Å². The van der Waals surface area contributed by atoms with E-state index < -0.39 is 0 Å². The second kappa shape index (κ2) is 3.93. The maximum absolute atomic E-state index is 11.3. The van der Waals surface area contributed by atoms with E-state index in [1.165, 1.54) is 16.8 Å². The van der Waals surface area contributed by atoms with E-state index in [2.05, 4.69) is 23.5 Å². The summed E-state index contributed by atoms with van der Waals surface area (Å²) < 4.78 is 0. The Morgan fingerprint density at radius 2 is 1.94 bits per heavy atom. The van der Waals surface area contributed by atoms with E-state index in [4.69, 9.17) is 0 Å². The van der Waals surface area contributed by atoms with Gasteiger partial charge in [-0.25, -0.2) is 0 Å². The molecular formula is C14H17NO. The lowest BCUT2D eigenvalue weighted by Gasteiger charge is -2.23. The third-order valence-corrected chi connectivity index (χ3v) is 3.89. The maximum Gasteiger partial charge on any atom is 0.132 e. The lowest BCUT2D eigenvalue weighted by Crippen LogP contribution is -2.13. The minimum atomic E-state index is 0.446. The molecule has 1 aromatic carbocycles. The molecule has 2 aliphatic rings. The highest BCUT2D eigenvalue weighted by Crippen LogP contribution is 2.37. The SMILES string of the molecule is O=C1CCC(c2cccc3c2CCN3)CC1. The first-order chi connectivity index (χ1) is 7.84. The molecule has 16 heavy (non-hydrogen) atoms. The molecule has 0 radical (unpaired) electrons. The predicted octanol–water partition coefficient (Wildman–Crippen LogP) is 2.88. The normalized spacial score (nSPS) is 20.6. The smallest absolute Gasteiger partial charge is 0.132 e. The Morgan fingerprint density at radius 1 is 1.12 bits per heavy atom. The number of anilines is 1. The van der Waals surface area contributed by atoms with Gasteiger partial charge in [-0.1, -0.05) is 12.1 Å². The minimum Gasteiger partial charge on any atom is -0.384 e. The number of benzene rings is 1. The van der Waals surface area contributed by atoms with Crippen LogP contribution in [0.15, 0.2) is 18.2 Å². The van der Waals surface area contributed by atoms with Gasteiger partial charge in [0.15, 0.2) is 0 Å². The first-order valence-corrected chi connectivity index (χ1v) is 6.22. The molecule has 0 atom stereocenters. The summed E-state index contributed by atoms with van der Waals surface area (Å²) in [6.07, 6.45) is 4.81. The van der Waals surface area contributed by atoms with Crippen LogP contribution >= 0.6 is 0 Å². The number of hydrogen-bond donors (Lipinski definition) is 1. The van der Waals surface area contributed by atoms with Crippen molar-refractivity contribution in [2.45, 2.75) is 38.0 Å². The van der Waals surface area contributed by atoms with Crippen LogP contribution in [0.3, 0.4) is 0 Å². The van der Waals surface area contributed by atoms with Crippen molar-refractivity contribution >= 4 is 11.5 Å². The number of nitrogens with one attached hydrogen (secondary N) is 1. The fraction of sp³-hybridized carbons (Fsp3) is 0.500. The van der Waals surface area contributed by atoms with Crippen LogP contribution in [0.4, 0.5) is 5.69 Å². The molecule has 1 aliphatic heterocycles. The van der Waals surface area contributed by atoms with Crippen LogP contribution in [0.2, 0.25) is 0 Å². The fourth-order valence-corrected chi connectivity index (χ4v) is 3.00. The maximum atomic E-state index is 11.3. The Bertz CT molecular complexity index is 415. The van der Waals surface area contributed by atoms with Crippen molar-refractivity contribution in [2.75, 3.05) is 11.9 Å². The van der Waals surface area contributed by atoms with Crippen LogP contribution in [-0.2, 0) is 11.2 Å². The first-order valence-electron chi connectivity index (χ1n) is 6.22. The third-order valence-electron chi connectivity index (χ3n) is 3.89. The molecule has 0 saturated heterocycles. The van der Waals surface area contributed by atoms with E-state index in [0.717, 1.165) is 38.6 Å². The Balaban J connectivity index is 1.89. The topological polar surface area (TPSA) is 29.1 Å². The van der Waals surface area contributed by atoms with Gasteiger partial charge in [0.2, 0.25) is 0 Å². The van der Waals surface area contributed by atoms with Crippen LogP contribution in [-0.4, -0.2) is 12.3 Å². The van der Waals surface area contributed by atoms with Crippen LogP contribution < -0.4 is 5.32 Å².